The van der Waals surface area contributed by atoms with Crippen molar-refractivity contribution in [2.45, 2.75) is 18.4 Å². The molecule has 0 saturated carbocycles. The van der Waals surface area contributed by atoms with E-state index in [0.717, 1.165) is 16.5 Å². The lowest BCUT2D eigenvalue weighted by Gasteiger charge is -2.34. The number of aryl methyl sites for hydroxylation is 1. The predicted octanol–water partition coefficient (Wildman–Crippen LogP) is 3.08. The van der Waals surface area contributed by atoms with Crippen LogP contribution in [0.25, 0.3) is 10.9 Å². The Labute approximate surface area is 206 Å². The molecule has 1 fully saturated rings. The fourth-order valence-corrected chi connectivity index (χ4v) is 5.90. The number of aromatic nitrogens is 2. The van der Waals surface area contributed by atoms with Gasteiger partial charge < -0.3 is 14.4 Å². The molecule has 1 N–H and O–H groups in total. The number of thiazole rings is 1. The van der Waals surface area contributed by atoms with Gasteiger partial charge >= 0.3 is 0 Å². The van der Waals surface area contributed by atoms with E-state index in [4.69, 9.17) is 0 Å². The molecular weight excluding hydrogens is 486 g/mol. The van der Waals surface area contributed by atoms with Gasteiger partial charge in [-0.1, -0.05) is 11.6 Å². The van der Waals surface area contributed by atoms with Crippen molar-refractivity contribution in [3.05, 3.63) is 71.9 Å². The van der Waals surface area contributed by atoms with Crippen molar-refractivity contribution in [2.24, 2.45) is 0 Å². The zero-order valence-corrected chi connectivity index (χ0v) is 20.6. The Morgan fingerprint density at radius 1 is 1.11 bits per heavy atom. The number of amides is 2. The summed E-state index contributed by atoms with van der Waals surface area (Å²) in [4.78, 5) is 32.9. The van der Waals surface area contributed by atoms with E-state index in [1.165, 1.54) is 29.7 Å². The van der Waals surface area contributed by atoms with Gasteiger partial charge in [0.15, 0.2) is 5.13 Å². The summed E-state index contributed by atoms with van der Waals surface area (Å²) in [5, 5.41) is 3.04. The Hall–Kier alpha value is -3.70. The van der Waals surface area contributed by atoms with Crippen molar-refractivity contribution in [3.63, 3.8) is 0 Å². The van der Waals surface area contributed by atoms with Gasteiger partial charge in [-0.15, -0.1) is 11.3 Å². The second kappa shape index (κ2) is 9.16. The second-order valence-electron chi connectivity index (χ2n) is 8.30. The third-order valence-corrected chi connectivity index (χ3v) is 8.09. The molecule has 0 bridgehead atoms. The van der Waals surface area contributed by atoms with Crippen LogP contribution >= 0.6 is 11.3 Å². The van der Waals surface area contributed by atoms with E-state index < -0.39 is 10.0 Å². The fourth-order valence-electron chi connectivity index (χ4n) is 4.12. The number of carbonyl (C=O) groups excluding carboxylic acids is 2. The van der Waals surface area contributed by atoms with Crippen LogP contribution in [0.2, 0.25) is 0 Å². The Kier molecular flexibility index (Phi) is 6.03. The number of carbonyl (C=O) groups is 2. The Morgan fingerprint density at radius 2 is 1.91 bits per heavy atom. The van der Waals surface area contributed by atoms with Crippen LogP contribution in [-0.4, -0.2) is 54.3 Å². The number of nitrogens with one attached hydrogen (secondary N) is 1. The minimum Gasteiger partial charge on any atom is -0.338 e. The number of rotatable bonds is 6. The summed E-state index contributed by atoms with van der Waals surface area (Å²) in [6, 6.07) is 14.2. The summed E-state index contributed by atoms with van der Waals surface area (Å²) < 4.78 is 29.4. The molecule has 0 unspecified atom stereocenters. The first kappa shape index (κ1) is 23.1. The summed E-state index contributed by atoms with van der Waals surface area (Å²) in [5.74, 6) is -0.333. The maximum atomic E-state index is 12.9. The molecule has 1 aliphatic rings. The first-order valence-electron chi connectivity index (χ1n) is 11.0. The van der Waals surface area contributed by atoms with Crippen molar-refractivity contribution in [1.29, 1.82) is 0 Å². The van der Waals surface area contributed by atoms with E-state index >= 15 is 0 Å². The molecule has 180 valence electrons. The molecule has 2 aromatic carbocycles. The lowest BCUT2D eigenvalue weighted by atomic mass is 10.2. The number of anilines is 2. The molecule has 2 aromatic heterocycles. The maximum absolute atomic E-state index is 12.9. The summed E-state index contributed by atoms with van der Waals surface area (Å²) >= 11 is 1.19. The van der Waals surface area contributed by atoms with Crippen LogP contribution in [0, 0.1) is 6.92 Å². The van der Waals surface area contributed by atoms with Crippen molar-refractivity contribution in [3.8, 4) is 0 Å². The number of benzene rings is 2. The molecule has 0 atom stereocenters. The molecule has 0 radical (unpaired) electrons. The predicted molar refractivity (Wildman–Crippen MR) is 135 cm³/mol. The zero-order valence-electron chi connectivity index (χ0n) is 18.9. The number of hydrogen-bond donors (Lipinski definition) is 1. The molecule has 3 heterocycles. The monoisotopic (exact) mass is 509 g/mol. The first-order valence-corrected chi connectivity index (χ1v) is 13.3. The molecule has 9 nitrogen and oxygen atoms in total. The zero-order chi connectivity index (χ0) is 24.6. The van der Waals surface area contributed by atoms with Gasteiger partial charge in [0.1, 0.15) is 13.1 Å². The molecule has 1 aliphatic heterocycles. The molecule has 2 amide bonds. The summed E-state index contributed by atoms with van der Waals surface area (Å²) in [6.07, 6.45) is 3.41. The van der Waals surface area contributed by atoms with Gasteiger partial charge in [-0.2, -0.15) is 0 Å². The number of fused-ring (bicyclic) bond motifs is 1. The van der Waals surface area contributed by atoms with Crippen LogP contribution in [-0.2, 0) is 26.2 Å². The number of hydrogen-bond acceptors (Lipinski definition) is 6. The van der Waals surface area contributed by atoms with Crippen LogP contribution in [0.1, 0.15) is 5.56 Å². The van der Waals surface area contributed by atoms with Gasteiger partial charge in [-0.05, 0) is 54.8 Å². The minimum absolute atomic E-state index is 0.0250. The smallest absolute Gasteiger partial charge is 0.263 e. The van der Waals surface area contributed by atoms with Crippen LogP contribution in [0.4, 0.5) is 10.8 Å². The van der Waals surface area contributed by atoms with Crippen LogP contribution in [0.3, 0.4) is 0 Å². The molecule has 4 aromatic rings. The lowest BCUT2D eigenvalue weighted by Crippen LogP contribution is -2.53. The molecule has 0 spiro atoms. The molecule has 5 rings (SSSR count). The maximum Gasteiger partial charge on any atom is 0.263 e. The minimum atomic E-state index is -3.77. The van der Waals surface area contributed by atoms with Gasteiger partial charge in [0.2, 0.25) is 11.8 Å². The highest BCUT2D eigenvalue weighted by Crippen LogP contribution is 2.23. The van der Waals surface area contributed by atoms with E-state index in [9.17, 15) is 18.0 Å². The standard InChI is InChI=1S/C24H23N5O4S2/c1-17-2-7-21-18(14-17)8-10-27(21)15-22(30)28-11-12-29(23(31)16-28)19-3-5-20(6-4-19)35(32,33)26-24-25-9-13-34-24/h2-10,13-14H,11-12,15-16H2,1H3,(H,25,26). The van der Waals surface area contributed by atoms with Crippen molar-refractivity contribution >= 4 is 54.9 Å². The molecule has 1 saturated heterocycles. The number of piperazine rings is 1. The molecule has 0 aliphatic carbocycles. The van der Waals surface area contributed by atoms with Gasteiger partial charge in [-0.3, -0.25) is 14.3 Å². The van der Waals surface area contributed by atoms with E-state index in [-0.39, 0.29) is 34.9 Å². The molecule has 35 heavy (non-hydrogen) atoms. The normalized spacial score (nSPS) is 14.5. The Balaban J connectivity index is 1.23. The van der Waals surface area contributed by atoms with Gasteiger partial charge in [0.05, 0.1) is 4.90 Å². The van der Waals surface area contributed by atoms with Crippen LogP contribution < -0.4 is 9.62 Å². The first-order chi connectivity index (χ1) is 16.8. The SMILES string of the molecule is Cc1ccc2c(ccn2CC(=O)N2CCN(c3ccc(S(=O)(=O)Nc4nccs4)cc3)C(=O)C2)c1. The summed E-state index contributed by atoms with van der Waals surface area (Å²) in [7, 11) is -3.77. The molecular formula is C24H23N5O4S2. The topological polar surface area (TPSA) is 105 Å². The van der Waals surface area contributed by atoms with E-state index in [1.807, 2.05) is 35.9 Å². The van der Waals surface area contributed by atoms with Gasteiger partial charge in [0.25, 0.3) is 10.0 Å². The average molecular weight is 510 g/mol. The van der Waals surface area contributed by atoms with Crippen LogP contribution in [0.15, 0.2) is 71.2 Å². The van der Waals surface area contributed by atoms with Gasteiger partial charge in [-0.25, -0.2) is 13.4 Å². The summed E-state index contributed by atoms with van der Waals surface area (Å²) in [6.45, 7) is 2.90. The van der Waals surface area contributed by atoms with E-state index in [1.54, 1.807) is 27.3 Å². The third-order valence-electron chi connectivity index (χ3n) is 5.92. The number of nitrogens with zero attached hydrogens (tertiary/aromatic N) is 4. The van der Waals surface area contributed by atoms with E-state index in [2.05, 4.69) is 15.8 Å². The number of sulfonamides is 1. The highest BCUT2D eigenvalue weighted by atomic mass is 32.2. The third kappa shape index (κ3) is 4.77. The molecule has 11 heteroatoms. The average Bonchev–Trinajstić information content (AvgIpc) is 3.48. The lowest BCUT2D eigenvalue weighted by molar-refractivity contribution is -0.137. The highest BCUT2D eigenvalue weighted by molar-refractivity contribution is 7.93. The largest absolute Gasteiger partial charge is 0.338 e. The van der Waals surface area contributed by atoms with E-state index in [0.29, 0.717) is 18.8 Å². The van der Waals surface area contributed by atoms with Crippen molar-refractivity contribution in [1.82, 2.24) is 14.5 Å². The Bertz CT molecular complexity index is 1490. The fraction of sp³-hybridized carbons (Fsp3) is 0.208. The van der Waals surface area contributed by atoms with Crippen molar-refractivity contribution < 1.29 is 18.0 Å². The highest BCUT2D eigenvalue weighted by Gasteiger charge is 2.28. The second-order valence-corrected chi connectivity index (χ2v) is 10.9. The van der Waals surface area contributed by atoms with Crippen LogP contribution in [0.5, 0.6) is 0 Å². The van der Waals surface area contributed by atoms with Crippen molar-refractivity contribution in [2.75, 3.05) is 29.3 Å². The summed E-state index contributed by atoms with van der Waals surface area (Å²) in [5.41, 5.74) is 2.72. The Morgan fingerprint density at radius 3 is 2.63 bits per heavy atom. The quantitative estimate of drug-likeness (QED) is 0.430. The van der Waals surface area contributed by atoms with Gasteiger partial charge in [0, 0.05) is 42.1 Å².